The van der Waals surface area contributed by atoms with E-state index in [9.17, 15) is 15.0 Å². The van der Waals surface area contributed by atoms with Gasteiger partial charge in [-0.1, -0.05) is 34.6 Å². The summed E-state index contributed by atoms with van der Waals surface area (Å²) in [5.41, 5.74) is 0.904. The molecule has 0 saturated heterocycles. The van der Waals surface area contributed by atoms with Crippen molar-refractivity contribution in [3.8, 4) is 0 Å². The SMILES string of the molecule is COC(=O)C(O)C1C2=C(O)CC(C)C(C)C2C(C)C(C)C1C. The van der Waals surface area contributed by atoms with Crippen LogP contribution in [0.25, 0.3) is 0 Å². The van der Waals surface area contributed by atoms with Crippen LogP contribution in [-0.2, 0) is 9.53 Å². The molecule has 0 amide bonds. The van der Waals surface area contributed by atoms with E-state index in [0.29, 0.717) is 35.9 Å². The number of aliphatic hydroxyl groups excluding tert-OH is 2. The van der Waals surface area contributed by atoms with Gasteiger partial charge in [-0.2, -0.15) is 0 Å². The fourth-order valence-electron chi connectivity index (χ4n) is 4.76. The monoisotopic (exact) mass is 310 g/mol. The van der Waals surface area contributed by atoms with Crippen molar-refractivity contribution in [2.45, 2.75) is 47.1 Å². The summed E-state index contributed by atoms with van der Waals surface area (Å²) < 4.78 is 4.75. The summed E-state index contributed by atoms with van der Waals surface area (Å²) in [5.74, 6) is 1.41. The van der Waals surface area contributed by atoms with Gasteiger partial charge in [-0.25, -0.2) is 4.79 Å². The van der Waals surface area contributed by atoms with E-state index in [1.807, 2.05) is 0 Å². The van der Waals surface area contributed by atoms with Crippen LogP contribution < -0.4 is 0 Å². The Hall–Kier alpha value is -1.03. The lowest BCUT2D eigenvalue weighted by atomic mass is 9.53. The fourth-order valence-corrected chi connectivity index (χ4v) is 4.76. The molecule has 2 rings (SSSR count). The van der Waals surface area contributed by atoms with Crippen LogP contribution in [0.4, 0.5) is 0 Å². The van der Waals surface area contributed by atoms with E-state index in [2.05, 4.69) is 34.6 Å². The largest absolute Gasteiger partial charge is 0.512 e. The molecule has 8 unspecified atom stereocenters. The molecule has 4 nitrogen and oxygen atoms in total. The van der Waals surface area contributed by atoms with E-state index in [4.69, 9.17) is 4.74 Å². The molecule has 0 heterocycles. The lowest BCUT2D eigenvalue weighted by Crippen LogP contribution is -2.50. The summed E-state index contributed by atoms with van der Waals surface area (Å²) >= 11 is 0. The lowest BCUT2D eigenvalue weighted by molar-refractivity contribution is -0.155. The summed E-state index contributed by atoms with van der Waals surface area (Å²) in [5, 5.41) is 21.1. The maximum Gasteiger partial charge on any atom is 0.335 e. The zero-order chi connectivity index (χ0) is 16.8. The number of rotatable bonds is 2. The molecule has 0 aliphatic heterocycles. The van der Waals surface area contributed by atoms with E-state index in [0.717, 1.165) is 5.57 Å². The molecule has 8 atom stereocenters. The zero-order valence-electron chi connectivity index (χ0n) is 14.5. The first-order valence-electron chi connectivity index (χ1n) is 8.40. The third-order valence-corrected chi connectivity index (χ3v) is 6.61. The van der Waals surface area contributed by atoms with Gasteiger partial charge in [0.2, 0.25) is 0 Å². The number of fused-ring (bicyclic) bond motifs is 1. The van der Waals surface area contributed by atoms with Gasteiger partial charge in [0.25, 0.3) is 0 Å². The summed E-state index contributed by atoms with van der Waals surface area (Å²) in [6.45, 7) is 10.9. The summed E-state index contributed by atoms with van der Waals surface area (Å²) in [4.78, 5) is 11.9. The van der Waals surface area contributed by atoms with Crippen LogP contribution in [-0.4, -0.2) is 29.4 Å². The average molecular weight is 310 g/mol. The van der Waals surface area contributed by atoms with Crippen molar-refractivity contribution in [1.29, 1.82) is 0 Å². The third kappa shape index (κ3) is 2.55. The standard InChI is InChI=1S/C18H30O4/c1-8-7-13(19)16-14(9(8)2)11(4)10(3)12(5)15(16)17(20)18(21)22-6/h8-12,14-15,17,19-20H,7H2,1-6H3. The molecule has 2 aliphatic carbocycles. The molecule has 0 bridgehead atoms. The Kier molecular flexibility index (Phi) is 4.90. The summed E-state index contributed by atoms with van der Waals surface area (Å²) in [7, 11) is 1.29. The van der Waals surface area contributed by atoms with Gasteiger partial charge in [0, 0.05) is 12.3 Å². The van der Waals surface area contributed by atoms with Gasteiger partial charge in [0.05, 0.1) is 12.9 Å². The second kappa shape index (κ2) is 6.23. The molecule has 22 heavy (non-hydrogen) atoms. The molecule has 4 heteroatoms. The van der Waals surface area contributed by atoms with Gasteiger partial charge in [0.1, 0.15) is 0 Å². The molecule has 126 valence electrons. The number of hydrogen-bond acceptors (Lipinski definition) is 4. The molecule has 0 aromatic carbocycles. The Morgan fingerprint density at radius 3 is 2.23 bits per heavy atom. The molecule has 1 fully saturated rings. The predicted molar refractivity (Wildman–Crippen MR) is 85.1 cm³/mol. The van der Waals surface area contributed by atoms with E-state index < -0.39 is 12.1 Å². The molecule has 1 saturated carbocycles. The highest BCUT2D eigenvalue weighted by Gasteiger charge is 2.51. The van der Waals surface area contributed by atoms with Crippen molar-refractivity contribution >= 4 is 5.97 Å². The van der Waals surface area contributed by atoms with Crippen molar-refractivity contribution in [2.24, 2.45) is 41.4 Å². The van der Waals surface area contributed by atoms with Crippen LogP contribution in [0.2, 0.25) is 0 Å². The van der Waals surface area contributed by atoms with Crippen molar-refractivity contribution in [3.63, 3.8) is 0 Å². The maximum atomic E-state index is 11.9. The first-order valence-corrected chi connectivity index (χ1v) is 8.40. The second-order valence-electron chi connectivity index (χ2n) is 7.54. The molecular weight excluding hydrogens is 280 g/mol. The van der Waals surface area contributed by atoms with E-state index in [1.165, 1.54) is 7.11 Å². The average Bonchev–Trinajstić information content (AvgIpc) is 2.48. The summed E-state index contributed by atoms with van der Waals surface area (Å²) in [6.07, 6.45) is -0.569. The van der Waals surface area contributed by atoms with Crippen LogP contribution in [0.15, 0.2) is 11.3 Å². The van der Waals surface area contributed by atoms with Gasteiger partial charge in [0.15, 0.2) is 6.10 Å². The van der Waals surface area contributed by atoms with Crippen molar-refractivity contribution in [2.75, 3.05) is 7.11 Å². The minimum absolute atomic E-state index is 0.123. The molecule has 0 aromatic heterocycles. The molecule has 0 aromatic rings. The van der Waals surface area contributed by atoms with Gasteiger partial charge >= 0.3 is 5.97 Å². The first-order chi connectivity index (χ1) is 10.2. The van der Waals surface area contributed by atoms with E-state index in [1.54, 1.807) is 0 Å². The number of carbonyl (C=O) groups excluding carboxylic acids is 1. The molecule has 0 spiro atoms. The van der Waals surface area contributed by atoms with Crippen LogP contribution >= 0.6 is 0 Å². The van der Waals surface area contributed by atoms with Gasteiger partial charge in [-0.15, -0.1) is 0 Å². The van der Waals surface area contributed by atoms with E-state index in [-0.39, 0.29) is 17.8 Å². The number of methoxy groups -OCH3 is 1. The zero-order valence-corrected chi connectivity index (χ0v) is 14.5. The smallest absolute Gasteiger partial charge is 0.335 e. The second-order valence-corrected chi connectivity index (χ2v) is 7.54. The maximum absolute atomic E-state index is 11.9. The Balaban J connectivity index is 2.51. The van der Waals surface area contributed by atoms with Crippen LogP contribution in [0.1, 0.15) is 41.0 Å². The van der Waals surface area contributed by atoms with Gasteiger partial charge < -0.3 is 14.9 Å². The minimum Gasteiger partial charge on any atom is -0.512 e. The van der Waals surface area contributed by atoms with Crippen molar-refractivity contribution in [1.82, 2.24) is 0 Å². The normalized spacial score (nSPS) is 43.5. The molecule has 2 aliphatic rings. The Morgan fingerprint density at radius 2 is 1.68 bits per heavy atom. The number of esters is 1. The lowest BCUT2D eigenvalue weighted by Gasteiger charge is -2.52. The Morgan fingerprint density at radius 1 is 1.09 bits per heavy atom. The topological polar surface area (TPSA) is 66.8 Å². The van der Waals surface area contributed by atoms with Gasteiger partial charge in [-0.3, -0.25) is 0 Å². The Bertz CT molecular complexity index is 470. The predicted octanol–water partition coefficient (Wildman–Crippen LogP) is 3.16. The first kappa shape index (κ1) is 17.3. The molecule has 2 N–H and O–H groups in total. The highest BCUT2D eigenvalue weighted by atomic mass is 16.5. The highest BCUT2D eigenvalue weighted by molar-refractivity contribution is 5.75. The van der Waals surface area contributed by atoms with Gasteiger partial charge in [-0.05, 0) is 41.1 Å². The highest BCUT2D eigenvalue weighted by Crippen LogP contribution is 2.54. The van der Waals surface area contributed by atoms with Crippen LogP contribution in [0.3, 0.4) is 0 Å². The number of allylic oxidation sites excluding steroid dienone is 1. The van der Waals surface area contributed by atoms with Crippen molar-refractivity contribution in [3.05, 3.63) is 11.3 Å². The van der Waals surface area contributed by atoms with Crippen molar-refractivity contribution < 1.29 is 19.7 Å². The fraction of sp³-hybridized carbons (Fsp3) is 0.833. The number of hydrogen-bond donors (Lipinski definition) is 2. The van der Waals surface area contributed by atoms with Crippen LogP contribution in [0.5, 0.6) is 0 Å². The minimum atomic E-state index is -1.20. The summed E-state index contributed by atoms with van der Waals surface area (Å²) in [6, 6.07) is 0. The quantitative estimate of drug-likeness (QED) is 0.769. The number of ether oxygens (including phenoxy) is 1. The van der Waals surface area contributed by atoms with E-state index >= 15 is 0 Å². The third-order valence-electron chi connectivity index (χ3n) is 6.61. The number of aliphatic hydroxyl groups is 2. The molecule has 0 radical (unpaired) electrons. The number of carbonyl (C=O) groups is 1. The molecular formula is C18H30O4. The Labute approximate surface area is 133 Å². The van der Waals surface area contributed by atoms with Crippen LogP contribution in [0, 0.1) is 41.4 Å².